The van der Waals surface area contributed by atoms with E-state index in [0.717, 1.165) is 22.6 Å². The highest BCUT2D eigenvalue weighted by atomic mass is 16.5. The predicted octanol–water partition coefficient (Wildman–Crippen LogP) is 4.63. The molecule has 0 unspecified atom stereocenters. The molecule has 146 valence electrons. The summed E-state index contributed by atoms with van der Waals surface area (Å²) in [5.41, 5.74) is 2.94. The standard InChI is InChI=1S/C22H23NO5/c1-4-25-21-11-6-5-8-18(21)13-27-22(24)17-9-7-10-19(12-17)26-14-20-15(2)23-28-16(20)3/h5-12H,4,13-14H2,1-3H3. The molecular weight excluding hydrogens is 358 g/mol. The van der Waals surface area contributed by atoms with Crippen LogP contribution in [0.5, 0.6) is 11.5 Å². The highest BCUT2D eigenvalue weighted by Gasteiger charge is 2.13. The number of aromatic nitrogens is 1. The van der Waals surface area contributed by atoms with Gasteiger partial charge in [-0.3, -0.25) is 0 Å². The molecule has 0 N–H and O–H groups in total. The van der Waals surface area contributed by atoms with E-state index in [1.54, 1.807) is 24.3 Å². The van der Waals surface area contributed by atoms with Gasteiger partial charge in [0.2, 0.25) is 0 Å². The first kappa shape index (κ1) is 19.5. The molecule has 6 nitrogen and oxygen atoms in total. The number of carbonyl (C=O) groups is 1. The first-order valence-corrected chi connectivity index (χ1v) is 9.11. The van der Waals surface area contributed by atoms with Crippen LogP contribution in [-0.4, -0.2) is 17.7 Å². The van der Waals surface area contributed by atoms with Crippen molar-refractivity contribution in [1.82, 2.24) is 5.16 Å². The van der Waals surface area contributed by atoms with E-state index in [4.69, 9.17) is 18.7 Å². The Labute approximate surface area is 164 Å². The zero-order chi connectivity index (χ0) is 19.9. The quantitative estimate of drug-likeness (QED) is 0.530. The second kappa shape index (κ2) is 9.08. The Kier molecular flexibility index (Phi) is 6.32. The van der Waals surface area contributed by atoms with Crippen LogP contribution in [0.1, 0.15) is 39.9 Å². The van der Waals surface area contributed by atoms with Crippen LogP contribution in [-0.2, 0) is 18.0 Å². The molecule has 0 radical (unpaired) electrons. The predicted molar refractivity (Wildman–Crippen MR) is 103 cm³/mol. The summed E-state index contributed by atoms with van der Waals surface area (Å²) >= 11 is 0. The van der Waals surface area contributed by atoms with Crippen molar-refractivity contribution in [3.63, 3.8) is 0 Å². The van der Waals surface area contributed by atoms with Crippen molar-refractivity contribution < 1.29 is 23.5 Å². The lowest BCUT2D eigenvalue weighted by molar-refractivity contribution is 0.0469. The van der Waals surface area contributed by atoms with Crippen LogP contribution in [0, 0.1) is 13.8 Å². The molecule has 1 heterocycles. The summed E-state index contributed by atoms with van der Waals surface area (Å²) in [6.45, 7) is 6.63. The van der Waals surface area contributed by atoms with Crippen molar-refractivity contribution in [3.05, 3.63) is 76.7 Å². The van der Waals surface area contributed by atoms with Crippen LogP contribution in [0.4, 0.5) is 0 Å². The van der Waals surface area contributed by atoms with E-state index >= 15 is 0 Å². The molecule has 0 saturated carbocycles. The smallest absolute Gasteiger partial charge is 0.338 e. The van der Waals surface area contributed by atoms with Gasteiger partial charge in [0.15, 0.2) is 0 Å². The fourth-order valence-electron chi connectivity index (χ4n) is 2.72. The molecule has 0 aliphatic carbocycles. The minimum atomic E-state index is -0.422. The van der Waals surface area contributed by atoms with E-state index < -0.39 is 5.97 Å². The Hall–Kier alpha value is -3.28. The Bertz CT molecular complexity index is 928. The van der Waals surface area contributed by atoms with Crippen LogP contribution in [0.25, 0.3) is 0 Å². The van der Waals surface area contributed by atoms with Gasteiger partial charge in [0.1, 0.15) is 30.5 Å². The second-order valence-corrected chi connectivity index (χ2v) is 6.24. The first-order chi connectivity index (χ1) is 13.6. The number of nitrogens with zero attached hydrogens (tertiary/aromatic N) is 1. The molecule has 3 rings (SSSR count). The Morgan fingerprint density at radius 2 is 1.86 bits per heavy atom. The van der Waals surface area contributed by atoms with Crippen LogP contribution in [0.3, 0.4) is 0 Å². The van der Waals surface area contributed by atoms with E-state index in [9.17, 15) is 4.79 Å². The third-order valence-corrected chi connectivity index (χ3v) is 4.27. The van der Waals surface area contributed by atoms with Crippen molar-refractivity contribution in [2.75, 3.05) is 6.61 Å². The fourth-order valence-corrected chi connectivity index (χ4v) is 2.72. The van der Waals surface area contributed by atoms with Gasteiger partial charge in [-0.1, -0.05) is 29.4 Å². The van der Waals surface area contributed by atoms with Gasteiger partial charge < -0.3 is 18.7 Å². The van der Waals surface area contributed by atoms with Gasteiger partial charge >= 0.3 is 5.97 Å². The number of hydrogen-bond acceptors (Lipinski definition) is 6. The van der Waals surface area contributed by atoms with Gasteiger partial charge in [-0.15, -0.1) is 0 Å². The molecule has 0 atom stereocenters. The summed E-state index contributed by atoms with van der Waals surface area (Å²) in [6.07, 6.45) is 0. The molecule has 2 aromatic carbocycles. The number of hydrogen-bond donors (Lipinski definition) is 0. The third-order valence-electron chi connectivity index (χ3n) is 4.27. The molecule has 1 aromatic heterocycles. The van der Waals surface area contributed by atoms with Crippen LogP contribution in [0.15, 0.2) is 53.1 Å². The maximum Gasteiger partial charge on any atom is 0.338 e. The van der Waals surface area contributed by atoms with E-state index in [0.29, 0.717) is 30.3 Å². The Morgan fingerprint density at radius 3 is 2.61 bits per heavy atom. The maximum atomic E-state index is 12.4. The molecule has 0 amide bonds. The summed E-state index contributed by atoms with van der Waals surface area (Å²) < 4.78 is 21.9. The molecule has 0 saturated heterocycles. The molecule has 0 spiro atoms. The number of esters is 1. The molecule has 28 heavy (non-hydrogen) atoms. The topological polar surface area (TPSA) is 70.8 Å². The van der Waals surface area contributed by atoms with E-state index in [1.165, 1.54) is 0 Å². The lowest BCUT2D eigenvalue weighted by Crippen LogP contribution is -2.07. The molecular formula is C22H23NO5. The molecule has 0 fully saturated rings. The van der Waals surface area contributed by atoms with Crippen LogP contribution >= 0.6 is 0 Å². The highest BCUT2D eigenvalue weighted by molar-refractivity contribution is 5.89. The third kappa shape index (κ3) is 4.71. The lowest BCUT2D eigenvalue weighted by atomic mass is 10.2. The van der Waals surface area contributed by atoms with Crippen molar-refractivity contribution in [2.45, 2.75) is 34.0 Å². The Balaban J connectivity index is 1.62. The largest absolute Gasteiger partial charge is 0.493 e. The van der Waals surface area contributed by atoms with Gasteiger partial charge in [0, 0.05) is 5.56 Å². The van der Waals surface area contributed by atoms with Gasteiger partial charge in [0.05, 0.1) is 23.4 Å². The average molecular weight is 381 g/mol. The summed E-state index contributed by atoms with van der Waals surface area (Å²) in [5.74, 6) is 1.59. The van der Waals surface area contributed by atoms with Gasteiger partial charge in [-0.25, -0.2) is 4.79 Å². The van der Waals surface area contributed by atoms with Crippen molar-refractivity contribution in [3.8, 4) is 11.5 Å². The first-order valence-electron chi connectivity index (χ1n) is 9.11. The molecule has 0 bridgehead atoms. The van der Waals surface area contributed by atoms with Gasteiger partial charge in [0.25, 0.3) is 0 Å². The molecule has 0 aliphatic heterocycles. The monoisotopic (exact) mass is 381 g/mol. The highest BCUT2D eigenvalue weighted by Crippen LogP contribution is 2.21. The lowest BCUT2D eigenvalue weighted by Gasteiger charge is -2.11. The molecule has 3 aromatic rings. The Morgan fingerprint density at radius 1 is 1.04 bits per heavy atom. The zero-order valence-corrected chi connectivity index (χ0v) is 16.2. The molecule has 0 aliphatic rings. The van der Waals surface area contributed by atoms with Crippen molar-refractivity contribution in [1.29, 1.82) is 0 Å². The summed E-state index contributed by atoms with van der Waals surface area (Å²) in [5, 5.41) is 3.91. The van der Waals surface area contributed by atoms with Gasteiger partial charge in [-0.05, 0) is 45.0 Å². The van der Waals surface area contributed by atoms with E-state index in [-0.39, 0.29) is 6.61 Å². The maximum absolute atomic E-state index is 12.4. The number of carbonyl (C=O) groups excluding carboxylic acids is 1. The van der Waals surface area contributed by atoms with E-state index in [1.807, 2.05) is 45.0 Å². The van der Waals surface area contributed by atoms with Crippen molar-refractivity contribution in [2.24, 2.45) is 0 Å². The SMILES string of the molecule is CCOc1ccccc1COC(=O)c1cccc(OCc2c(C)noc2C)c1. The second-order valence-electron chi connectivity index (χ2n) is 6.24. The van der Waals surface area contributed by atoms with Crippen LogP contribution in [0.2, 0.25) is 0 Å². The summed E-state index contributed by atoms with van der Waals surface area (Å²) in [4.78, 5) is 12.4. The minimum absolute atomic E-state index is 0.138. The minimum Gasteiger partial charge on any atom is -0.493 e. The normalized spacial score (nSPS) is 10.5. The fraction of sp³-hybridized carbons (Fsp3) is 0.273. The number of rotatable bonds is 8. The average Bonchev–Trinajstić information content (AvgIpc) is 3.03. The number of para-hydroxylation sites is 1. The summed E-state index contributed by atoms with van der Waals surface area (Å²) in [7, 11) is 0. The summed E-state index contributed by atoms with van der Waals surface area (Å²) in [6, 6.07) is 14.4. The number of aryl methyl sites for hydroxylation is 2. The zero-order valence-electron chi connectivity index (χ0n) is 16.2. The van der Waals surface area contributed by atoms with Gasteiger partial charge in [-0.2, -0.15) is 0 Å². The number of ether oxygens (including phenoxy) is 3. The molecule has 6 heteroatoms. The van der Waals surface area contributed by atoms with Crippen LogP contribution < -0.4 is 9.47 Å². The number of benzene rings is 2. The van der Waals surface area contributed by atoms with E-state index in [2.05, 4.69) is 5.16 Å². The van der Waals surface area contributed by atoms with Crippen molar-refractivity contribution >= 4 is 5.97 Å².